The molecule has 1 aromatic heterocycles. The van der Waals surface area contributed by atoms with Crippen LogP contribution in [0, 0.1) is 0 Å². The van der Waals surface area contributed by atoms with Crippen LogP contribution in [0.1, 0.15) is 49.9 Å². The van der Waals surface area contributed by atoms with Crippen molar-refractivity contribution in [2.45, 2.75) is 79.0 Å². The Morgan fingerprint density at radius 3 is 1.66 bits per heavy atom. The molecule has 5 atom stereocenters. The fourth-order valence-corrected chi connectivity index (χ4v) is 7.96. The summed E-state index contributed by atoms with van der Waals surface area (Å²) >= 11 is 1.64. The molecule has 0 saturated carbocycles. The van der Waals surface area contributed by atoms with Gasteiger partial charge in [-0.3, -0.25) is 38.4 Å². The maximum absolute atomic E-state index is 13.2. The molecular formula is C32H44N8O14S2. The van der Waals surface area contributed by atoms with E-state index in [9.17, 15) is 48.6 Å². The van der Waals surface area contributed by atoms with E-state index in [4.69, 9.17) is 31.9 Å². The smallest absolute Gasteiger partial charge is 0.322 e. The average Bonchev–Trinajstić information content (AvgIpc) is 3.54. The highest BCUT2D eigenvalue weighted by Gasteiger charge is 2.32. The van der Waals surface area contributed by atoms with E-state index in [1.54, 1.807) is 0 Å². The number of aliphatic carboxylic acids is 4. The third-order valence-electron chi connectivity index (χ3n) is 8.42. The Morgan fingerprint density at radius 2 is 1.21 bits per heavy atom. The van der Waals surface area contributed by atoms with Crippen molar-refractivity contribution in [2.75, 3.05) is 31.1 Å². The summed E-state index contributed by atoms with van der Waals surface area (Å²) in [6.45, 7) is 0.749. The van der Waals surface area contributed by atoms with E-state index in [0.29, 0.717) is 24.2 Å². The van der Waals surface area contributed by atoms with E-state index in [2.05, 4.69) is 31.6 Å². The quantitative estimate of drug-likeness (QED) is 0.0439. The van der Waals surface area contributed by atoms with Gasteiger partial charge in [-0.05, 0) is 38.3 Å². The lowest BCUT2D eigenvalue weighted by Gasteiger charge is -2.22. The first-order valence-corrected chi connectivity index (χ1v) is 18.9. The summed E-state index contributed by atoms with van der Waals surface area (Å²) in [5.41, 5.74) is 12.6. The molecule has 16 N–H and O–H groups in total. The van der Waals surface area contributed by atoms with E-state index < -0.39 is 115 Å². The number of aromatic nitrogens is 1. The predicted molar refractivity (Wildman–Crippen MR) is 198 cm³/mol. The van der Waals surface area contributed by atoms with E-state index >= 15 is 0 Å². The van der Waals surface area contributed by atoms with E-state index in [1.807, 2.05) is 6.92 Å². The third kappa shape index (κ3) is 12.4. The molecule has 0 spiro atoms. The number of aromatic amines is 1. The van der Waals surface area contributed by atoms with Crippen LogP contribution >= 0.6 is 23.5 Å². The van der Waals surface area contributed by atoms with Crippen molar-refractivity contribution in [1.29, 1.82) is 0 Å². The van der Waals surface area contributed by atoms with Gasteiger partial charge in [-0.25, -0.2) is 0 Å². The van der Waals surface area contributed by atoms with E-state index in [-0.39, 0.29) is 45.3 Å². The van der Waals surface area contributed by atoms with Crippen LogP contribution in [-0.4, -0.2) is 138 Å². The summed E-state index contributed by atoms with van der Waals surface area (Å²) in [7, 11) is 0. The molecule has 0 fully saturated rings. The van der Waals surface area contributed by atoms with Gasteiger partial charge in [-0.2, -0.15) is 0 Å². The molecule has 1 unspecified atom stereocenters. The molecule has 4 amide bonds. The highest BCUT2D eigenvalue weighted by atomic mass is 32.2. The van der Waals surface area contributed by atoms with Crippen molar-refractivity contribution < 1.29 is 69.0 Å². The number of phenols is 2. The lowest BCUT2D eigenvalue weighted by molar-refractivity contribution is -0.140. The number of nitrogens with one attached hydrogen (secondary N) is 6. The lowest BCUT2D eigenvalue weighted by atomic mass is 9.99. The molecule has 0 saturated heterocycles. The normalized spacial score (nSPS) is 15.7. The fourth-order valence-electron chi connectivity index (χ4n) is 5.48. The molecule has 1 aliphatic rings. The van der Waals surface area contributed by atoms with E-state index in [0.717, 1.165) is 23.5 Å². The van der Waals surface area contributed by atoms with Crippen molar-refractivity contribution in [2.24, 2.45) is 11.5 Å². The van der Waals surface area contributed by atoms with Crippen molar-refractivity contribution in [3.63, 3.8) is 0 Å². The van der Waals surface area contributed by atoms with Gasteiger partial charge in [0.25, 0.3) is 0 Å². The molecule has 0 radical (unpaired) electrons. The Labute approximate surface area is 326 Å². The summed E-state index contributed by atoms with van der Waals surface area (Å²) in [6.07, 6.45) is -0.964. The molecule has 56 heavy (non-hydrogen) atoms. The number of thioether (sulfide) groups is 2. The van der Waals surface area contributed by atoms with Crippen molar-refractivity contribution in [3.05, 3.63) is 11.3 Å². The molecule has 1 aromatic carbocycles. The number of carboxylic acids is 4. The Kier molecular flexibility index (Phi) is 16.6. The van der Waals surface area contributed by atoms with Gasteiger partial charge in [0.1, 0.15) is 37.3 Å². The number of aromatic hydroxyl groups is 2. The lowest BCUT2D eigenvalue weighted by Crippen LogP contribution is -2.49. The van der Waals surface area contributed by atoms with Gasteiger partial charge in [0.05, 0.1) is 10.4 Å². The van der Waals surface area contributed by atoms with Gasteiger partial charge >= 0.3 is 23.9 Å². The van der Waals surface area contributed by atoms with Crippen LogP contribution in [0.3, 0.4) is 0 Å². The predicted octanol–water partition coefficient (Wildman–Crippen LogP) is -2.27. The second-order valence-electron chi connectivity index (χ2n) is 12.6. The van der Waals surface area contributed by atoms with Crippen molar-refractivity contribution >= 4 is 81.9 Å². The number of nitrogens with two attached hydrogens (primary N) is 2. The molecule has 2 heterocycles. The molecule has 308 valence electrons. The van der Waals surface area contributed by atoms with E-state index in [1.165, 1.54) is 0 Å². The minimum absolute atomic E-state index is 0.0687. The summed E-state index contributed by atoms with van der Waals surface area (Å²) < 4.78 is 0. The first kappa shape index (κ1) is 45.1. The molecule has 1 aliphatic heterocycles. The van der Waals surface area contributed by atoms with Crippen LogP contribution < -0.4 is 38.1 Å². The standard InChI is InChI=1S/C32H44N8O14S2/c1-12-23-13(6-7-35-12)22-24(40-23)27(55-10-16(29(49)36-8-20(43)44)38-18(41)4-2-14(33)31(51)52)28(26(48)25(22)47)56-11-17(30(50)37-9-21(45)46)39-19(42)5-3-15(34)32(53)54/h12,14-17,35,40,47-48H,2-11,33-34H2,1H3,(H,36,49)(H,37,50)(H,38,41)(H,39,42)(H,43,44)(H,45,46)(H,51,52)(H,53,54)/t12?,14-,15-,16-,17-/m0/s1. The first-order valence-electron chi connectivity index (χ1n) is 17.0. The van der Waals surface area contributed by atoms with Crippen LogP contribution in [0.2, 0.25) is 0 Å². The molecule has 22 nitrogen and oxygen atoms in total. The molecular weight excluding hydrogens is 785 g/mol. The minimum Gasteiger partial charge on any atom is -0.504 e. The maximum atomic E-state index is 13.2. The summed E-state index contributed by atoms with van der Waals surface area (Å²) in [4.78, 5) is 99.9. The molecule has 0 bridgehead atoms. The third-order valence-corrected chi connectivity index (χ3v) is 10.9. The van der Waals surface area contributed by atoms with Crippen LogP contribution in [0.15, 0.2) is 9.79 Å². The minimum atomic E-state index is -1.48. The largest absolute Gasteiger partial charge is 0.504 e. The molecule has 2 aromatic rings. The van der Waals surface area contributed by atoms with Gasteiger partial charge in [0.15, 0.2) is 11.5 Å². The Hall–Kier alpha value is -5.30. The van der Waals surface area contributed by atoms with Crippen LogP contribution in [-0.2, 0) is 44.8 Å². The topological polar surface area (TPSA) is 386 Å². The fraction of sp³-hybridized carbons (Fsp3) is 0.500. The van der Waals surface area contributed by atoms with Gasteiger partial charge in [0.2, 0.25) is 23.6 Å². The second-order valence-corrected chi connectivity index (χ2v) is 14.7. The van der Waals surface area contributed by atoms with Crippen LogP contribution in [0.4, 0.5) is 0 Å². The number of fused-ring (bicyclic) bond motifs is 3. The number of carboxylic acid groups (broad SMARTS) is 4. The SMILES string of the molecule is CC1NCCc2c1[nH]c1c(SC[C@H](NC(=O)CC[C@H](N)C(=O)O)C(=O)NCC(=O)O)c(SC[C@H](NC(=O)CC[C@H](N)C(=O)O)C(=O)NCC(=O)O)c(O)c(O)c21. The zero-order chi connectivity index (χ0) is 41.9. The molecule has 3 rings (SSSR count). The number of benzene rings is 1. The van der Waals surface area contributed by atoms with Gasteiger partial charge in [-0.1, -0.05) is 0 Å². The van der Waals surface area contributed by atoms with Gasteiger partial charge in [0, 0.05) is 46.4 Å². The van der Waals surface area contributed by atoms with Crippen LogP contribution in [0.25, 0.3) is 10.9 Å². The Balaban J connectivity index is 2.05. The number of amides is 4. The molecule has 24 heteroatoms. The zero-order valence-electron chi connectivity index (χ0n) is 29.9. The second kappa shape index (κ2) is 20.6. The average molecular weight is 829 g/mol. The number of carbonyl (C=O) groups is 8. The molecule has 0 aliphatic carbocycles. The van der Waals surface area contributed by atoms with Crippen molar-refractivity contribution in [1.82, 2.24) is 31.6 Å². The summed E-state index contributed by atoms with van der Waals surface area (Å²) in [5, 5.41) is 71.9. The van der Waals surface area contributed by atoms with Gasteiger partial charge in [-0.15, -0.1) is 23.5 Å². The number of rotatable bonds is 22. The first-order chi connectivity index (χ1) is 26.3. The highest BCUT2D eigenvalue weighted by molar-refractivity contribution is 8.02. The zero-order valence-corrected chi connectivity index (χ0v) is 31.5. The summed E-state index contributed by atoms with van der Waals surface area (Å²) in [6, 6.07) is -5.91. The van der Waals surface area contributed by atoms with Crippen molar-refractivity contribution in [3.8, 4) is 11.5 Å². The highest BCUT2D eigenvalue weighted by Crippen LogP contribution is 2.51. The summed E-state index contributed by atoms with van der Waals surface area (Å²) in [5.74, 6) is -10.9. The monoisotopic (exact) mass is 828 g/mol. The van der Waals surface area contributed by atoms with Crippen LogP contribution in [0.5, 0.6) is 11.5 Å². The number of hydrogen-bond donors (Lipinski definition) is 14. The van der Waals surface area contributed by atoms with Gasteiger partial charge < -0.3 is 73.7 Å². The Bertz CT molecular complexity index is 1860. The number of carbonyl (C=O) groups excluding carboxylic acids is 4. The Morgan fingerprint density at radius 1 is 0.750 bits per heavy atom. The number of phenolic OH excluding ortho intramolecular Hbond substituents is 2. The maximum Gasteiger partial charge on any atom is 0.322 e. The number of hydrogen-bond acceptors (Lipinski definition) is 15. The number of H-pyrrole nitrogens is 1.